The van der Waals surface area contributed by atoms with Crippen LogP contribution in [0.4, 0.5) is 11.5 Å². The van der Waals surface area contributed by atoms with Gasteiger partial charge in [-0.3, -0.25) is 9.52 Å². The van der Waals surface area contributed by atoms with Crippen LogP contribution in [0.3, 0.4) is 0 Å². The van der Waals surface area contributed by atoms with E-state index in [-0.39, 0.29) is 23.0 Å². The Labute approximate surface area is 169 Å². The number of hydrogen-bond donors (Lipinski definition) is 2. The monoisotopic (exact) mass is 411 g/mol. The van der Waals surface area contributed by atoms with Crippen LogP contribution < -0.4 is 14.8 Å². The summed E-state index contributed by atoms with van der Waals surface area (Å²) in [6.45, 7) is 2.50. The first kappa shape index (κ1) is 20.3. The lowest BCUT2D eigenvalue weighted by molar-refractivity contribution is -0.115. The van der Waals surface area contributed by atoms with E-state index in [1.165, 1.54) is 18.3 Å². The van der Waals surface area contributed by atoms with Crippen molar-refractivity contribution in [1.29, 1.82) is 0 Å². The zero-order chi connectivity index (χ0) is 20.7. The Morgan fingerprint density at radius 1 is 1.00 bits per heavy atom. The summed E-state index contributed by atoms with van der Waals surface area (Å²) < 4.78 is 32.6. The van der Waals surface area contributed by atoms with Crippen LogP contribution in [0, 0.1) is 0 Å². The molecule has 0 fully saturated rings. The van der Waals surface area contributed by atoms with E-state index in [0.717, 1.165) is 11.3 Å². The van der Waals surface area contributed by atoms with E-state index in [1.807, 2.05) is 31.2 Å². The molecule has 29 heavy (non-hydrogen) atoms. The van der Waals surface area contributed by atoms with Crippen molar-refractivity contribution >= 4 is 27.4 Å². The van der Waals surface area contributed by atoms with Gasteiger partial charge in [0, 0.05) is 11.9 Å². The molecular formula is C21H21N3O4S. The van der Waals surface area contributed by atoms with Crippen molar-refractivity contribution in [3.8, 4) is 5.75 Å². The number of carbonyl (C=O) groups excluding carboxylic acids is 1. The maximum absolute atomic E-state index is 12.4. The first-order valence-corrected chi connectivity index (χ1v) is 10.5. The number of aromatic nitrogens is 1. The standard InChI is InChI=1S/C21H21N3O4S/c1-2-28-18-10-6-16(7-11-18)15-21(25)23-17-8-12-19(13-9-17)29(26,27)24-20-5-3-4-14-22-20/h3-14H,2,15H2,1H3,(H,22,24)(H,23,25). The number of pyridine rings is 1. The predicted molar refractivity (Wildman–Crippen MR) is 111 cm³/mol. The quantitative estimate of drug-likeness (QED) is 0.592. The lowest BCUT2D eigenvalue weighted by Gasteiger charge is -2.09. The van der Waals surface area contributed by atoms with Gasteiger partial charge in [-0.25, -0.2) is 13.4 Å². The number of nitrogens with zero attached hydrogens (tertiary/aromatic N) is 1. The minimum absolute atomic E-state index is 0.0765. The highest BCUT2D eigenvalue weighted by Gasteiger charge is 2.15. The molecule has 8 heteroatoms. The first-order chi connectivity index (χ1) is 14.0. The molecule has 0 spiro atoms. The molecule has 1 heterocycles. The van der Waals surface area contributed by atoms with Crippen molar-refractivity contribution in [2.45, 2.75) is 18.2 Å². The maximum atomic E-state index is 12.4. The van der Waals surface area contributed by atoms with Gasteiger partial charge in [-0.1, -0.05) is 18.2 Å². The molecule has 150 valence electrons. The zero-order valence-electron chi connectivity index (χ0n) is 15.8. The Balaban J connectivity index is 1.60. The zero-order valence-corrected chi connectivity index (χ0v) is 16.6. The van der Waals surface area contributed by atoms with Crippen molar-refractivity contribution < 1.29 is 17.9 Å². The molecule has 0 atom stereocenters. The number of rotatable bonds is 8. The summed E-state index contributed by atoms with van der Waals surface area (Å²) in [5.74, 6) is 0.796. The molecule has 0 aliphatic heterocycles. The summed E-state index contributed by atoms with van der Waals surface area (Å²) in [4.78, 5) is 16.3. The molecular weight excluding hydrogens is 390 g/mol. The summed E-state index contributed by atoms with van der Waals surface area (Å²) in [6.07, 6.45) is 1.70. The molecule has 1 amide bonds. The highest BCUT2D eigenvalue weighted by Crippen LogP contribution is 2.18. The van der Waals surface area contributed by atoms with E-state index in [1.54, 1.807) is 30.3 Å². The van der Waals surface area contributed by atoms with Crippen LogP contribution in [0.5, 0.6) is 5.75 Å². The summed E-state index contributed by atoms with van der Waals surface area (Å²) in [5.41, 5.74) is 1.36. The van der Waals surface area contributed by atoms with E-state index in [0.29, 0.717) is 12.3 Å². The van der Waals surface area contributed by atoms with Gasteiger partial charge in [0.15, 0.2) is 0 Å². The van der Waals surface area contributed by atoms with Gasteiger partial charge in [0.05, 0.1) is 17.9 Å². The molecule has 1 aromatic heterocycles. The second-order valence-electron chi connectivity index (χ2n) is 6.15. The molecule has 3 rings (SSSR count). The summed E-state index contributed by atoms with van der Waals surface area (Å²) >= 11 is 0. The van der Waals surface area contributed by atoms with Gasteiger partial charge in [-0.15, -0.1) is 0 Å². The van der Waals surface area contributed by atoms with E-state index < -0.39 is 10.0 Å². The van der Waals surface area contributed by atoms with Crippen LogP contribution in [0.15, 0.2) is 77.8 Å². The molecule has 7 nitrogen and oxygen atoms in total. The van der Waals surface area contributed by atoms with Crippen LogP contribution in [0.2, 0.25) is 0 Å². The van der Waals surface area contributed by atoms with Crippen LogP contribution in [0.25, 0.3) is 0 Å². The Bertz CT molecular complexity index is 1050. The molecule has 0 aliphatic carbocycles. The molecule has 0 saturated heterocycles. The van der Waals surface area contributed by atoms with Crippen LogP contribution in [-0.4, -0.2) is 25.9 Å². The lowest BCUT2D eigenvalue weighted by atomic mass is 10.1. The van der Waals surface area contributed by atoms with Gasteiger partial charge in [0.25, 0.3) is 10.0 Å². The fourth-order valence-corrected chi connectivity index (χ4v) is 3.61. The van der Waals surface area contributed by atoms with Gasteiger partial charge in [-0.2, -0.15) is 0 Å². The fraction of sp³-hybridized carbons (Fsp3) is 0.143. The Hall–Kier alpha value is -3.39. The third-order valence-corrected chi connectivity index (χ3v) is 5.32. The van der Waals surface area contributed by atoms with Gasteiger partial charge >= 0.3 is 0 Å². The molecule has 3 aromatic rings. The average molecular weight is 411 g/mol. The highest BCUT2D eigenvalue weighted by atomic mass is 32.2. The van der Waals surface area contributed by atoms with Gasteiger partial charge in [-0.05, 0) is 61.0 Å². The van der Waals surface area contributed by atoms with E-state index in [4.69, 9.17) is 4.74 Å². The normalized spacial score (nSPS) is 10.9. The minimum Gasteiger partial charge on any atom is -0.494 e. The number of sulfonamides is 1. The number of benzene rings is 2. The van der Waals surface area contributed by atoms with Gasteiger partial charge < -0.3 is 10.1 Å². The van der Waals surface area contributed by atoms with Crippen molar-refractivity contribution in [2.24, 2.45) is 0 Å². The minimum atomic E-state index is -3.75. The second kappa shape index (κ2) is 9.20. The molecule has 0 unspecified atom stereocenters. The Morgan fingerprint density at radius 2 is 1.72 bits per heavy atom. The maximum Gasteiger partial charge on any atom is 0.263 e. The number of carbonyl (C=O) groups is 1. The number of amides is 1. The Morgan fingerprint density at radius 3 is 2.34 bits per heavy atom. The largest absolute Gasteiger partial charge is 0.494 e. The number of ether oxygens (including phenoxy) is 1. The van der Waals surface area contributed by atoms with Crippen LogP contribution in [-0.2, 0) is 21.2 Å². The van der Waals surface area contributed by atoms with Crippen LogP contribution in [0.1, 0.15) is 12.5 Å². The summed E-state index contributed by atoms with van der Waals surface area (Å²) in [7, 11) is -3.75. The third-order valence-electron chi connectivity index (χ3n) is 3.95. The van der Waals surface area contributed by atoms with Crippen molar-refractivity contribution in [2.75, 3.05) is 16.6 Å². The third kappa shape index (κ3) is 5.79. The van der Waals surface area contributed by atoms with Gasteiger partial charge in [0.2, 0.25) is 5.91 Å². The fourth-order valence-electron chi connectivity index (χ4n) is 2.60. The average Bonchev–Trinajstić information content (AvgIpc) is 2.70. The first-order valence-electron chi connectivity index (χ1n) is 9.02. The number of hydrogen-bond acceptors (Lipinski definition) is 5. The topological polar surface area (TPSA) is 97.4 Å². The highest BCUT2D eigenvalue weighted by molar-refractivity contribution is 7.92. The molecule has 0 bridgehead atoms. The van der Waals surface area contributed by atoms with Crippen molar-refractivity contribution in [3.63, 3.8) is 0 Å². The van der Waals surface area contributed by atoms with E-state index >= 15 is 0 Å². The molecule has 2 N–H and O–H groups in total. The molecule has 0 radical (unpaired) electrons. The summed E-state index contributed by atoms with van der Waals surface area (Å²) in [5, 5.41) is 2.76. The van der Waals surface area contributed by atoms with E-state index in [9.17, 15) is 13.2 Å². The predicted octanol–water partition coefficient (Wildman–Crippen LogP) is 3.46. The van der Waals surface area contributed by atoms with Crippen molar-refractivity contribution in [1.82, 2.24) is 4.98 Å². The molecule has 0 aliphatic rings. The second-order valence-corrected chi connectivity index (χ2v) is 7.83. The lowest BCUT2D eigenvalue weighted by Crippen LogP contribution is -2.15. The SMILES string of the molecule is CCOc1ccc(CC(=O)Nc2ccc(S(=O)(=O)Nc3ccccn3)cc2)cc1. The summed E-state index contributed by atoms with van der Waals surface area (Å²) in [6, 6.07) is 18.2. The van der Waals surface area contributed by atoms with Crippen LogP contribution >= 0.6 is 0 Å². The Kier molecular flexibility index (Phi) is 6.46. The molecule has 2 aromatic carbocycles. The van der Waals surface area contributed by atoms with Gasteiger partial charge in [0.1, 0.15) is 11.6 Å². The number of nitrogens with one attached hydrogen (secondary N) is 2. The van der Waals surface area contributed by atoms with E-state index in [2.05, 4.69) is 15.0 Å². The molecule has 0 saturated carbocycles. The smallest absolute Gasteiger partial charge is 0.263 e. The van der Waals surface area contributed by atoms with Crippen molar-refractivity contribution in [3.05, 3.63) is 78.5 Å². The number of anilines is 2.